The smallest absolute Gasteiger partial charge is 0.236 e. The number of carbonyl (C=O) groups is 1. The Labute approximate surface area is 114 Å². The van der Waals surface area contributed by atoms with Crippen LogP contribution in [-0.2, 0) is 11.3 Å². The van der Waals surface area contributed by atoms with Crippen LogP contribution >= 0.6 is 0 Å². The zero-order valence-corrected chi connectivity index (χ0v) is 11.5. The first-order valence-electron chi connectivity index (χ1n) is 6.81. The fourth-order valence-corrected chi connectivity index (χ4v) is 2.29. The van der Waals surface area contributed by atoms with Crippen LogP contribution in [0, 0.1) is 0 Å². The van der Waals surface area contributed by atoms with E-state index in [-0.39, 0.29) is 5.91 Å². The van der Waals surface area contributed by atoms with Crippen LogP contribution < -0.4 is 5.32 Å². The molecule has 1 aliphatic heterocycles. The van der Waals surface area contributed by atoms with Gasteiger partial charge in [-0.3, -0.25) is 14.7 Å². The van der Waals surface area contributed by atoms with Gasteiger partial charge < -0.3 is 10.2 Å². The summed E-state index contributed by atoms with van der Waals surface area (Å²) in [6.07, 6.45) is 4.65. The maximum Gasteiger partial charge on any atom is 0.236 e. The highest BCUT2D eigenvalue weighted by atomic mass is 16.2. The van der Waals surface area contributed by atoms with Crippen molar-refractivity contribution >= 4 is 5.91 Å². The van der Waals surface area contributed by atoms with Crippen molar-refractivity contribution in [1.29, 1.82) is 0 Å². The first kappa shape index (κ1) is 14.0. The molecule has 1 N–H and O–H groups in total. The molecule has 2 heterocycles. The van der Waals surface area contributed by atoms with E-state index < -0.39 is 0 Å². The standard InChI is InChI=1S/C14H22N4O/c1-17(11-13-4-2-5-16-10-13)12-14(19)18-8-3-6-15-7-9-18/h2,4-5,10,15H,3,6-9,11-12H2,1H3. The van der Waals surface area contributed by atoms with Crippen LogP contribution in [0.4, 0.5) is 0 Å². The van der Waals surface area contributed by atoms with Gasteiger partial charge in [0, 0.05) is 38.6 Å². The molecule has 104 valence electrons. The number of carbonyl (C=O) groups excluding carboxylic acids is 1. The lowest BCUT2D eigenvalue weighted by Crippen LogP contribution is -2.40. The second-order valence-electron chi connectivity index (χ2n) is 5.02. The number of hydrogen-bond donors (Lipinski definition) is 1. The molecule has 19 heavy (non-hydrogen) atoms. The van der Waals surface area contributed by atoms with Crippen molar-refractivity contribution in [3.63, 3.8) is 0 Å². The first-order chi connectivity index (χ1) is 9.25. The van der Waals surface area contributed by atoms with Gasteiger partial charge in [0.15, 0.2) is 0 Å². The summed E-state index contributed by atoms with van der Waals surface area (Å²) in [6, 6.07) is 3.95. The maximum atomic E-state index is 12.2. The third-order valence-electron chi connectivity index (χ3n) is 3.27. The number of pyridine rings is 1. The van der Waals surface area contributed by atoms with Gasteiger partial charge >= 0.3 is 0 Å². The Morgan fingerprint density at radius 1 is 1.47 bits per heavy atom. The number of amides is 1. The Morgan fingerprint density at radius 3 is 3.16 bits per heavy atom. The summed E-state index contributed by atoms with van der Waals surface area (Å²) < 4.78 is 0. The predicted octanol–water partition coefficient (Wildman–Crippen LogP) is 0.335. The first-order valence-corrected chi connectivity index (χ1v) is 6.81. The highest BCUT2D eigenvalue weighted by molar-refractivity contribution is 5.78. The van der Waals surface area contributed by atoms with E-state index in [1.165, 1.54) is 0 Å². The normalized spacial score (nSPS) is 16.4. The van der Waals surface area contributed by atoms with E-state index in [1.807, 2.05) is 35.2 Å². The van der Waals surface area contributed by atoms with Crippen LogP contribution in [0.5, 0.6) is 0 Å². The summed E-state index contributed by atoms with van der Waals surface area (Å²) in [5.41, 5.74) is 1.13. The Bertz CT molecular complexity index is 388. The van der Waals surface area contributed by atoms with Crippen molar-refractivity contribution in [2.24, 2.45) is 0 Å². The highest BCUT2D eigenvalue weighted by Gasteiger charge is 2.16. The molecule has 0 atom stereocenters. The molecule has 5 nitrogen and oxygen atoms in total. The third kappa shape index (κ3) is 4.61. The highest BCUT2D eigenvalue weighted by Crippen LogP contribution is 2.02. The van der Waals surface area contributed by atoms with E-state index >= 15 is 0 Å². The van der Waals surface area contributed by atoms with E-state index in [1.54, 1.807) is 6.20 Å². The van der Waals surface area contributed by atoms with Gasteiger partial charge in [0.1, 0.15) is 0 Å². The van der Waals surface area contributed by atoms with Crippen LogP contribution in [0.15, 0.2) is 24.5 Å². The van der Waals surface area contributed by atoms with Crippen LogP contribution in [0.25, 0.3) is 0 Å². The number of nitrogens with zero attached hydrogens (tertiary/aromatic N) is 3. The molecule has 1 aliphatic rings. The molecule has 0 aromatic carbocycles. The third-order valence-corrected chi connectivity index (χ3v) is 3.27. The van der Waals surface area contributed by atoms with Crippen molar-refractivity contribution in [1.82, 2.24) is 20.1 Å². The molecule has 0 unspecified atom stereocenters. The molecule has 0 spiro atoms. The number of aromatic nitrogens is 1. The average Bonchev–Trinajstić information content (AvgIpc) is 2.68. The van der Waals surface area contributed by atoms with Gasteiger partial charge in [-0.15, -0.1) is 0 Å². The Kier molecular flexibility index (Phi) is 5.30. The zero-order chi connectivity index (χ0) is 13.5. The summed E-state index contributed by atoms with van der Waals surface area (Å²) in [4.78, 5) is 20.3. The van der Waals surface area contributed by atoms with E-state index in [4.69, 9.17) is 0 Å². The van der Waals surface area contributed by atoms with Gasteiger partial charge in [0.2, 0.25) is 5.91 Å². The number of rotatable bonds is 4. The molecule has 1 amide bonds. The molecular formula is C14H22N4O. The lowest BCUT2D eigenvalue weighted by atomic mass is 10.2. The summed E-state index contributed by atoms with van der Waals surface area (Å²) in [6.45, 7) is 4.82. The molecule has 1 aromatic heterocycles. The lowest BCUT2D eigenvalue weighted by molar-refractivity contribution is -0.132. The quantitative estimate of drug-likeness (QED) is 0.850. The Balaban J connectivity index is 1.80. The van der Waals surface area contributed by atoms with Gasteiger partial charge in [-0.2, -0.15) is 0 Å². The summed E-state index contributed by atoms with van der Waals surface area (Å²) in [5.74, 6) is 0.218. The van der Waals surface area contributed by atoms with Gasteiger partial charge in [-0.25, -0.2) is 0 Å². The Hall–Kier alpha value is -1.46. The SMILES string of the molecule is CN(CC(=O)N1CCCNCC1)Cc1cccnc1. The maximum absolute atomic E-state index is 12.2. The minimum Gasteiger partial charge on any atom is -0.340 e. The average molecular weight is 262 g/mol. The van der Waals surface area contributed by atoms with Crippen molar-refractivity contribution in [2.45, 2.75) is 13.0 Å². The van der Waals surface area contributed by atoms with E-state index in [2.05, 4.69) is 10.3 Å². The fraction of sp³-hybridized carbons (Fsp3) is 0.571. The van der Waals surface area contributed by atoms with E-state index in [9.17, 15) is 4.79 Å². The molecule has 0 saturated carbocycles. The zero-order valence-electron chi connectivity index (χ0n) is 11.5. The number of likely N-dealkylation sites (N-methyl/N-ethyl adjacent to an activating group) is 1. The van der Waals surface area contributed by atoms with E-state index in [0.29, 0.717) is 6.54 Å². The molecule has 0 bridgehead atoms. The molecule has 0 radical (unpaired) electrons. The molecule has 5 heteroatoms. The second-order valence-corrected chi connectivity index (χ2v) is 5.02. The minimum atomic E-state index is 0.218. The van der Waals surface area contributed by atoms with Crippen molar-refractivity contribution in [3.05, 3.63) is 30.1 Å². The molecule has 0 aliphatic carbocycles. The van der Waals surface area contributed by atoms with Crippen LogP contribution in [0.1, 0.15) is 12.0 Å². The minimum absolute atomic E-state index is 0.218. The number of hydrogen-bond acceptors (Lipinski definition) is 4. The van der Waals surface area contributed by atoms with Gasteiger partial charge in [0.05, 0.1) is 6.54 Å². The molecule has 1 fully saturated rings. The monoisotopic (exact) mass is 262 g/mol. The summed E-state index contributed by atoms with van der Waals surface area (Å²) in [5, 5.41) is 3.31. The molecular weight excluding hydrogens is 240 g/mol. The van der Waals surface area contributed by atoms with Gasteiger partial charge in [-0.05, 0) is 31.6 Å². The molecule has 2 rings (SSSR count). The van der Waals surface area contributed by atoms with E-state index in [0.717, 1.165) is 44.7 Å². The fourth-order valence-electron chi connectivity index (χ4n) is 2.29. The largest absolute Gasteiger partial charge is 0.340 e. The molecule has 1 aromatic rings. The number of nitrogens with one attached hydrogen (secondary N) is 1. The predicted molar refractivity (Wildman–Crippen MR) is 74.6 cm³/mol. The second kappa shape index (κ2) is 7.21. The van der Waals surface area contributed by atoms with Crippen molar-refractivity contribution < 1.29 is 4.79 Å². The van der Waals surface area contributed by atoms with Crippen molar-refractivity contribution in [3.8, 4) is 0 Å². The van der Waals surface area contributed by atoms with Crippen LogP contribution in [0.2, 0.25) is 0 Å². The lowest BCUT2D eigenvalue weighted by Gasteiger charge is -2.23. The Morgan fingerprint density at radius 2 is 2.37 bits per heavy atom. The van der Waals surface area contributed by atoms with Crippen LogP contribution in [0.3, 0.4) is 0 Å². The topological polar surface area (TPSA) is 48.5 Å². The molecule has 1 saturated heterocycles. The van der Waals surface area contributed by atoms with Gasteiger partial charge in [0.25, 0.3) is 0 Å². The summed E-state index contributed by atoms with van der Waals surface area (Å²) >= 11 is 0. The van der Waals surface area contributed by atoms with Gasteiger partial charge in [-0.1, -0.05) is 6.07 Å². The van der Waals surface area contributed by atoms with Crippen molar-refractivity contribution in [2.75, 3.05) is 39.8 Å². The van der Waals surface area contributed by atoms with Crippen LogP contribution in [-0.4, -0.2) is 60.5 Å². The summed E-state index contributed by atoms with van der Waals surface area (Å²) in [7, 11) is 1.97.